The van der Waals surface area contributed by atoms with Gasteiger partial charge in [-0.05, 0) is 54.4 Å². The van der Waals surface area contributed by atoms with E-state index in [1.165, 1.54) is 0 Å². The van der Waals surface area contributed by atoms with Crippen molar-refractivity contribution in [3.8, 4) is 11.1 Å². The van der Waals surface area contributed by atoms with E-state index in [-0.39, 0.29) is 5.63 Å². The van der Waals surface area contributed by atoms with Crippen molar-refractivity contribution in [1.29, 1.82) is 0 Å². The molecule has 21 heavy (non-hydrogen) atoms. The Morgan fingerprint density at radius 1 is 1.14 bits per heavy atom. The van der Waals surface area contributed by atoms with Crippen LogP contribution >= 0.6 is 11.3 Å². The quantitative estimate of drug-likeness (QED) is 0.671. The fourth-order valence-electron chi connectivity index (χ4n) is 2.50. The fraction of sp³-hybridized carbons (Fsp3) is 0.235. The highest BCUT2D eigenvalue weighted by Gasteiger charge is 2.10. The van der Waals surface area contributed by atoms with E-state index >= 15 is 0 Å². The molecule has 0 bridgehead atoms. The van der Waals surface area contributed by atoms with Crippen LogP contribution in [0.4, 0.5) is 5.69 Å². The van der Waals surface area contributed by atoms with E-state index < -0.39 is 0 Å². The average molecular weight is 299 g/mol. The number of hydrogen-bond acceptors (Lipinski definition) is 4. The first-order valence-electron chi connectivity index (χ1n) is 7.08. The van der Waals surface area contributed by atoms with Gasteiger partial charge in [-0.1, -0.05) is 0 Å². The summed E-state index contributed by atoms with van der Waals surface area (Å²) in [5.41, 5.74) is 2.99. The van der Waals surface area contributed by atoms with Crippen LogP contribution in [0, 0.1) is 0 Å². The van der Waals surface area contributed by atoms with Gasteiger partial charge in [-0.15, -0.1) is 0 Å². The van der Waals surface area contributed by atoms with Crippen molar-refractivity contribution in [2.45, 2.75) is 13.8 Å². The lowest BCUT2D eigenvalue weighted by Gasteiger charge is -2.21. The SMILES string of the molecule is CCN(CC)c1ccc2cc(-c3ccsc3)c(=O)oc2c1. The van der Waals surface area contributed by atoms with E-state index in [1.807, 2.05) is 35.0 Å². The molecule has 0 radical (unpaired) electrons. The Morgan fingerprint density at radius 3 is 2.62 bits per heavy atom. The van der Waals surface area contributed by atoms with Gasteiger partial charge in [0.15, 0.2) is 0 Å². The number of thiophene rings is 1. The lowest BCUT2D eigenvalue weighted by Crippen LogP contribution is -2.21. The summed E-state index contributed by atoms with van der Waals surface area (Å²) in [6, 6.07) is 9.89. The van der Waals surface area contributed by atoms with Gasteiger partial charge < -0.3 is 9.32 Å². The smallest absolute Gasteiger partial charge is 0.344 e. The first kappa shape index (κ1) is 13.9. The largest absolute Gasteiger partial charge is 0.422 e. The summed E-state index contributed by atoms with van der Waals surface area (Å²) >= 11 is 1.57. The molecule has 0 spiro atoms. The topological polar surface area (TPSA) is 33.5 Å². The molecule has 4 heteroatoms. The molecule has 3 rings (SSSR count). The molecule has 0 fully saturated rings. The predicted octanol–water partition coefficient (Wildman–Crippen LogP) is 4.37. The van der Waals surface area contributed by atoms with Crippen molar-refractivity contribution in [2.24, 2.45) is 0 Å². The summed E-state index contributed by atoms with van der Waals surface area (Å²) in [5.74, 6) is 0. The molecular formula is C17H17NO2S. The summed E-state index contributed by atoms with van der Waals surface area (Å²) in [7, 11) is 0. The number of fused-ring (bicyclic) bond motifs is 1. The second kappa shape index (κ2) is 5.74. The summed E-state index contributed by atoms with van der Waals surface area (Å²) in [4.78, 5) is 14.4. The molecule has 0 amide bonds. The Balaban J connectivity index is 2.13. The third-order valence-electron chi connectivity index (χ3n) is 3.68. The highest BCUT2D eigenvalue weighted by Crippen LogP contribution is 2.26. The van der Waals surface area contributed by atoms with Crippen LogP contribution in [-0.2, 0) is 0 Å². The summed E-state index contributed by atoms with van der Waals surface area (Å²) < 4.78 is 5.52. The Kier molecular flexibility index (Phi) is 3.80. The van der Waals surface area contributed by atoms with Crippen LogP contribution in [0.25, 0.3) is 22.1 Å². The number of rotatable bonds is 4. The molecule has 108 valence electrons. The van der Waals surface area contributed by atoms with Gasteiger partial charge in [0.1, 0.15) is 5.58 Å². The van der Waals surface area contributed by atoms with Gasteiger partial charge in [0.05, 0.1) is 5.56 Å². The molecule has 2 aromatic heterocycles. The van der Waals surface area contributed by atoms with Crippen molar-refractivity contribution in [2.75, 3.05) is 18.0 Å². The maximum atomic E-state index is 12.2. The van der Waals surface area contributed by atoms with Crippen LogP contribution in [0.15, 0.2) is 50.3 Å². The molecule has 0 aliphatic carbocycles. The molecule has 0 saturated heterocycles. The van der Waals surface area contributed by atoms with Crippen LogP contribution < -0.4 is 10.5 Å². The van der Waals surface area contributed by atoms with Gasteiger partial charge in [-0.2, -0.15) is 11.3 Å². The molecule has 0 aliphatic heterocycles. The lowest BCUT2D eigenvalue weighted by atomic mass is 10.1. The Labute approximate surface area is 127 Å². The van der Waals surface area contributed by atoms with Gasteiger partial charge in [0.2, 0.25) is 0 Å². The summed E-state index contributed by atoms with van der Waals surface area (Å²) in [6.45, 7) is 6.09. The summed E-state index contributed by atoms with van der Waals surface area (Å²) in [6.07, 6.45) is 0. The molecule has 0 N–H and O–H groups in total. The van der Waals surface area contributed by atoms with Gasteiger partial charge in [0, 0.05) is 30.2 Å². The van der Waals surface area contributed by atoms with Gasteiger partial charge in [-0.25, -0.2) is 4.79 Å². The maximum Gasteiger partial charge on any atom is 0.344 e. The molecule has 0 atom stereocenters. The number of nitrogens with zero attached hydrogens (tertiary/aromatic N) is 1. The third kappa shape index (κ3) is 2.59. The van der Waals surface area contributed by atoms with Crippen molar-refractivity contribution in [1.82, 2.24) is 0 Å². The van der Waals surface area contributed by atoms with Crippen molar-refractivity contribution >= 4 is 28.0 Å². The van der Waals surface area contributed by atoms with Crippen molar-refractivity contribution < 1.29 is 4.42 Å². The highest BCUT2D eigenvalue weighted by atomic mass is 32.1. The number of hydrogen-bond donors (Lipinski definition) is 0. The predicted molar refractivity (Wildman–Crippen MR) is 89.4 cm³/mol. The van der Waals surface area contributed by atoms with E-state index in [1.54, 1.807) is 11.3 Å². The van der Waals surface area contributed by atoms with E-state index in [9.17, 15) is 4.79 Å². The zero-order valence-electron chi connectivity index (χ0n) is 12.1. The second-order valence-corrected chi connectivity index (χ2v) is 5.63. The molecular weight excluding hydrogens is 282 g/mol. The van der Waals surface area contributed by atoms with E-state index in [4.69, 9.17) is 4.42 Å². The second-order valence-electron chi connectivity index (χ2n) is 4.85. The average Bonchev–Trinajstić information content (AvgIpc) is 3.01. The van der Waals surface area contributed by atoms with Gasteiger partial charge in [0.25, 0.3) is 0 Å². The third-order valence-corrected chi connectivity index (χ3v) is 4.36. The van der Waals surface area contributed by atoms with E-state index in [2.05, 4.69) is 24.8 Å². The molecule has 0 saturated carbocycles. The fourth-order valence-corrected chi connectivity index (χ4v) is 3.16. The first-order valence-corrected chi connectivity index (χ1v) is 8.02. The minimum Gasteiger partial charge on any atom is -0.422 e. The zero-order chi connectivity index (χ0) is 14.8. The van der Waals surface area contributed by atoms with Crippen molar-refractivity contribution in [3.05, 3.63) is 51.5 Å². The molecule has 3 nitrogen and oxygen atoms in total. The molecule has 0 unspecified atom stereocenters. The van der Waals surface area contributed by atoms with Crippen LogP contribution in [0.5, 0.6) is 0 Å². The molecule has 2 heterocycles. The number of anilines is 1. The Morgan fingerprint density at radius 2 is 1.95 bits per heavy atom. The molecule has 0 aliphatic rings. The minimum absolute atomic E-state index is 0.280. The lowest BCUT2D eigenvalue weighted by molar-refractivity contribution is 0.563. The van der Waals surface area contributed by atoms with Crippen LogP contribution in [0.1, 0.15) is 13.8 Å². The van der Waals surface area contributed by atoms with Crippen molar-refractivity contribution in [3.63, 3.8) is 0 Å². The maximum absolute atomic E-state index is 12.2. The van der Waals surface area contributed by atoms with Crippen LogP contribution in [0.2, 0.25) is 0 Å². The monoisotopic (exact) mass is 299 g/mol. The Hall–Kier alpha value is -2.07. The van der Waals surface area contributed by atoms with Gasteiger partial charge >= 0.3 is 5.63 Å². The Bertz CT molecular complexity index is 801. The zero-order valence-corrected chi connectivity index (χ0v) is 12.9. The summed E-state index contributed by atoms with van der Waals surface area (Å²) in [5, 5.41) is 4.87. The van der Waals surface area contributed by atoms with Crippen LogP contribution in [0.3, 0.4) is 0 Å². The van der Waals surface area contributed by atoms with Gasteiger partial charge in [-0.3, -0.25) is 0 Å². The first-order chi connectivity index (χ1) is 10.2. The van der Waals surface area contributed by atoms with E-state index in [0.29, 0.717) is 11.1 Å². The highest BCUT2D eigenvalue weighted by molar-refractivity contribution is 7.08. The van der Waals surface area contributed by atoms with Crippen LogP contribution in [-0.4, -0.2) is 13.1 Å². The molecule has 1 aromatic carbocycles. The standard InChI is InChI=1S/C17H17NO2S/c1-3-18(4-2)14-6-5-12-9-15(13-7-8-21-11-13)17(19)20-16(12)10-14/h5-11H,3-4H2,1-2H3. The normalized spacial score (nSPS) is 11.0. The molecule has 3 aromatic rings. The number of benzene rings is 1. The van der Waals surface area contributed by atoms with E-state index in [0.717, 1.165) is 29.7 Å². The minimum atomic E-state index is -0.280.